The van der Waals surface area contributed by atoms with Gasteiger partial charge in [0.1, 0.15) is 13.2 Å². The molecule has 1 unspecified atom stereocenters. The van der Waals surface area contributed by atoms with Gasteiger partial charge in [0.15, 0.2) is 11.5 Å². The van der Waals surface area contributed by atoms with Crippen LogP contribution < -0.4 is 14.8 Å². The van der Waals surface area contributed by atoms with Gasteiger partial charge in [-0.25, -0.2) is 0 Å². The van der Waals surface area contributed by atoms with E-state index in [1.807, 2.05) is 18.2 Å². The minimum absolute atomic E-state index is 0.0264. The van der Waals surface area contributed by atoms with Crippen molar-refractivity contribution in [3.8, 4) is 11.5 Å². The number of nitrogens with one attached hydrogen (secondary N) is 1. The SMILES string of the molecule is CN(Cc1ccc2c(c1)OCCO2)C(=O)C1CCC(=O)NC1. The predicted octanol–water partition coefficient (Wildman–Crippen LogP) is 0.942. The molecule has 0 saturated carbocycles. The molecule has 1 N–H and O–H groups in total. The summed E-state index contributed by atoms with van der Waals surface area (Å²) in [5.74, 6) is 1.45. The predicted molar refractivity (Wildman–Crippen MR) is 79.6 cm³/mol. The first-order valence-corrected chi connectivity index (χ1v) is 7.53. The standard InChI is InChI=1S/C16H20N2O4/c1-18(16(20)12-3-5-15(19)17-9-12)10-11-2-4-13-14(8-11)22-7-6-21-13/h2,4,8,12H,3,5-7,9-10H2,1H3,(H,17,19). The molecule has 2 aliphatic rings. The summed E-state index contributed by atoms with van der Waals surface area (Å²) in [4.78, 5) is 25.3. The molecule has 1 atom stereocenters. The maximum Gasteiger partial charge on any atom is 0.227 e. The topological polar surface area (TPSA) is 67.9 Å². The average molecular weight is 304 g/mol. The van der Waals surface area contributed by atoms with Crippen molar-refractivity contribution in [3.05, 3.63) is 23.8 Å². The highest BCUT2D eigenvalue weighted by molar-refractivity contribution is 5.83. The maximum absolute atomic E-state index is 12.4. The molecule has 3 rings (SSSR count). The van der Waals surface area contributed by atoms with Gasteiger partial charge in [0.25, 0.3) is 0 Å². The molecule has 1 saturated heterocycles. The molecule has 6 nitrogen and oxygen atoms in total. The van der Waals surface area contributed by atoms with Crippen LogP contribution in [0.25, 0.3) is 0 Å². The number of amides is 2. The molecule has 0 aromatic heterocycles. The second kappa shape index (κ2) is 6.25. The van der Waals surface area contributed by atoms with Crippen LogP contribution in [0.4, 0.5) is 0 Å². The Morgan fingerprint density at radius 1 is 1.32 bits per heavy atom. The number of rotatable bonds is 3. The molecule has 6 heteroatoms. The monoisotopic (exact) mass is 304 g/mol. The number of hydrogen-bond donors (Lipinski definition) is 1. The number of fused-ring (bicyclic) bond motifs is 1. The molecule has 1 aromatic rings. The lowest BCUT2D eigenvalue weighted by Gasteiger charge is -2.27. The van der Waals surface area contributed by atoms with E-state index in [-0.39, 0.29) is 17.7 Å². The molecule has 1 aromatic carbocycles. The molecule has 1 fully saturated rings. The molecular weight excluding hydrogens is 284 g/mol. The fourth-order valence-corrected chi connectivity index (χ4v) is 2.79. The van der Waals surface area contributed by atoms with E-state index in [2.05, 4.69) is 5.32 Å². The van der Waals surface area contributed by atoms with Gasteiger partial charge in [0, 0.05) is 26.6 Å². The summed E-state index contributed by atoms with van der Waals surface area (Å²) in [7, 11) is 1.79. The third kappa shape index (κ3) is 3.16. The number of nitrogens with zero attached hydrogens (tertiary/aromatic N) is 1. The number of hydrogen-bond acceptors (Lipinski definition) is 4. The van der Waals surface area contributed by atoms with Gasteiger partial charge in [0.2, 0.25) is 11.8 Å². The Kier molecular flexibility index (Phi) is 4.18. The van der Waals surface area contributed by atoms with E-state index in [0.717, 1.165) is 17.1 Å². The zero-order chi connectivity index (χ0) is 15.5. The number of carbonyl (C=O) groups is 2. The highest BCUT2D eigenvalue weighted by Gasteiger charge is 2.27. The van der Waals surface area contributed by atoms with Crippen molar-refractivity contribution < 1.29 is 19.1 Å². The third-order valence-corrected chi connectivity index (χ3v) is 4.02. The Morgan fingerprint density at radius 2 is 2.09 bits per heavy atom. The second-order valence-electron chi connectivity index (χ2n) is 5.71. The van der Waals surface area contributed by atoms with Crippen LogP contribution >= 0.6 is 0 Å². The lowest BCUT2D eigenvalue weighted by molar-refractivity contribution is -0.136. The summed E-state index contributed by atoms with van der Waals surface area (Å²) < 4.78 is 11.0. The van der Waals surface area contributed by atoms with E-state index in [0.29, 0.717) is 39.1 Å². The van der Waals surface area contributed by atoms with Crippen LogP contribution in [-0.2, 0) is 16.1 Å². The van der Waals surface area contributed by atoms with E-state index in [9.17, 15) is 9.59 Å². The molecule has 2 aliphatic heterocycles. The fourth-order valence-electron chi connectivity index (χ4n) is 2.79. The van der Waals surface area contributed by atoms with Gasteiger partial charge in [0.05, 0.1) is 5.92 Å². The van der Waals surface area contributed by atoms with Crippen molar-refractivity contribution in [1.29, 1.82) is 0 Å². The number of benzene rings is 1. The summed E-state index contributed by atoms with van der Waals surface area (Å²) in [5, 5.41) is 2.75. The van der Waals surface area contributed by atoms with Crippen LogP contribution in [0.2, 0.25) is 0 Å². The lowest BCUT2D eigenvalue weighted by atomic mass is 9.97. The lowest BCUT2D eigenvalue weighted by Crippen LogP contribution is -2.43. The molecule has 0 radical (unpaired) electrons. The first kappa shape index (κ1) is 14.7. The number of carbonyl (C=O) groups excluding carboxylic acids is 2. The van der Waals surface area contributed by atoms with Gasteiger partial charge in [-0.05, 0) is 24.1 Å². The average Bonchev–Trinajstić information content (AvgIpc) is 2.55. The number of ether oxygens (including phenoxy) is 2. The first-order valence-electron chi connectivity index (χ1n) is 7.53. The molecule has 22 heavy (non-hydrogen) atoms. The molecule has 0 aliphatic carbocycles. The quantitative estimate of drug-likeness (QED) is 0.902. The van der Waals surface area contributed by atoms with Crippen molar-refractivity contribution in [1.82, 2.24) is 10.2 Å². The first-order chi connectivity index (χ1) is 10.6. The van der Waals surface area contributed by atoms with Gasteiger partial charge in [-0.15, -0.1) is 0 Å². The summed E-state index contributed by atoms with van der Waals surface area (Å²) in [6.45, 7) is 2.06. The minimum Gasteiger partial charge on any atom is -0.486 e. The maximum atomic E-state index is 12.4. The van der Waals surface area contributed by atoms with Crippen molar-refractivity contribution in [2.75, 3.05) is 26.8 Å². The van der Waals surface area contributed by atoms with E-state index in [1.165, 1.54) is 0 Å². The molecule has 2 amide bonds. The normalized spacial score (nSPS) is 20.2. The summed E-state index contributed by atoms with van der Waals surface area (Å²) >= 11 is 0. The van der Waals surface area contributed by atoms with Crippen LogP contribution in [0.5, 0.6) is 11.5 Å². The second-order valence-corrected chi connectivity index (χ2v) is 5.71. The third-order valence-electron chi connectivity index (χ3n) is 4.02. The Bertz CT molecular complexity index is 578. The van der Waals surface area contributed by atoms with Crippen LogP contribution in [0.3, 0.4) is 0 Å². The Morgan fingerprint density at radius 3 is 2.82 bits per heavy atom. The van der Waals surface area contributed by atoms with Crippen LogP contribution in [0.1, 0.15) is 18.4 Å². The van der Waals surface area contributed by atoms with E-state index >= 15 is 0 Å². The highest BCUT2D eigenvalue weighted by Crippen LogP contribution is 2.31. The highest BCUT2D eigenvalue weighted by atomic mass is 16.6. The van der Waals surface area contributed by atoms with E-state index in [4.69, 9.17) is 9.47 Å². The summed E-state index contributed by atoms with van der Waals surface area (Å²) in [6.07, 6.45) is 1.05. The molecule has 118 valence electrons. The van der Waals surface area contributed by atoms with Crippen molar-refractivity contribution in [2.24, 2.45) is 5.92 Å². The Hall–Kier alpha value is -2.24. The molecule has 2 heterocycles. The molecule has 0 spiro atoms. The van der Waals surface area contributed by atoms with Crippen LogP contribution in [0.15, 0.2) is 18.2 Å². The van der Waals surface area contributed by atoms with Crippen molar-refractivity contribution in [2.45, 2.75) is 19.4 Å². The largest absolute Gasteiger partial charge is 0.486 e. The van der Waals surface area contributed by atoms with E-state index in [1.54, 1.807) is 11.9 Å². The van der Waals surface area contributed by atoms with Crippen molar-refractivity contribution >= 4 is 11.8 Å². The fraction of sp³-hybridized carbons (Fsp3) is 0.500. The molecule has 0 bridgehead atoms. The van der Waals surface area contributed by atoms with E-state index < -0.39 is 0 Å². The zero-order valence-corrected chi connectivity index (χ0v) is 12.6. The zero-order valence-electron chi connectivity index (χ0n) is 12.6. The van der Waals surface area contributed by atoms with Crippen LogP contribution in [0, 0.1) is 5.92 Å². The van der Waals surface area contributed by atoms with Gasteiger partial charge in [-0.1, -0.05) is 6.07 Å². The Labute approximate surface area is 129 Å². The van der Waals surface area contributed by atoms with Gasteiger partial charge in [-0.2, -0.15) is 0 Å². The molecular formula is C16H20N2O4. The smallest absolute Gasteiger partial charge is 0.227 e. The number of piperidine rings is 1. The van der Waals surface area contributed by atoms with Crippen molar-refractivity contribution in [3.63, 3.8) is 0 Å². The van der Waals surface area contributed by atoms with Gasteiger partial charge in [-0.3, -0.25) is 9.59 Å². The van der Waals surface area contributed by atoms with Crippen LogP contribution in [-0.4, -0.2) is 43.5 Å². The van der Waals surface area contributed by atoms with Gasteiger partial charge < -0.3 is 19.7 Å². The summed E-state index contributed by atoms with van der Waals surface area (Å²) in [5.41, 5.74) is 1.000. The van der Waals surface area contributed by atoms with Gasteiger partial charge >= 0.3 is 0 Å². The summed E-state index contributed by atoms with van der Waals surface area (Å²) in [6, 6.07) is 5.74. The Balaban J connectivity index is 1.62. The minimum atomic E-state index is -0.125.